The first kappa shape index (κ1) is 19.9. The quantitative estimate of drug-likeness (QED) is 0.201. The molecule has 0 atom stereocenters. The SMILES string of the molecule is CNSc1ccc(Nc2ccc(C(F)(F)F)cc2)c(/C(N)=N/N(C)N)c1. The van der Waals surface area contributed by atoms with Crippen LogP contribution in [-0.4, -0.2) is 25.0 Å². The maximum atomic E-state index is 12.7. The zero-order chi connectivity index (χ0) is 19.3. The Kier molecular flexibility index (Phi) is 6.35. The number of amidine groups is 1. The molecule has 0 saturated heterocycles. The molecule has 0 saturated carbocycles. The molecule has 0 heterocycles. The molecule has 26 heavy (non-hydrogen) atoms. The highest BCUT2D eigenvalue weighted by Gasteiger charge is 2.29. The lowest BCUT2D eigenvalue weighted by atomic mass is 10.1. The third-order valence-electron chi connectivity index (χ3n) is 3.24. The van der Waals surface area contributed by atoms with Gasteiger partial charge in [0.25, 0.3) is 0 Å². The van der Waals surface area contributed by atoms with Crippen LogP contribution < -0.4 is 21.6 Å². The van der Waals surface area contributed by atoms with Gasteiger partial charge < -0.3 is 11.1 Å². The summed E-state index contributed by atoms with van der Waals surface area (Å²) in [4.78, 5) is 0.887. The molecule has 0 spiro atoms. The lowest BCUT2D eigenvalue weighted by molar-refractivity contribution is -0.137. The highest BCUT2D eigenvalue weighted by molar-refractivity contribution is 7.97. The van der Waals surface area contributed by atoms with Crippen molar-refractivity contribution in [2.24, 2.45) is 16.7 Å². The number of alkyl halides is 3. The molecule has 6 nitrogen and oxygen atoms in total. The fraction of sp³-hybridized carbons (Fsp3) is 0.188. The summed E-state index contributed by atoms with van der Waals surface area (Å²) in [7, 11) is 3.31. The summed E-state index contributed by atoms with van der Waals surface area (Å²) in [5.74, 6) is 5.68. The third kappa shape index (κ3) is 5.28. The van der Waals surface area contributed by atoms with Gasteiger partial charge in [-0.2, -0.15) is 13.2 Å². The van der Waals surface area contributed by atoms with E-state index >= 15 is 0 Å². The number of halogens is 3. The van der Waals surface area contributed by atoms with E-state index in [1.54, 1.807) is 19.2 Å². The van der Waals surface area contributed by atoms with Gasteiger partial charge in [-0.3, -0.25) is 4.72 Å². The maximum Gasteiger partial charge on any atom is 0.416 e. The van der Waals surface area contributed by atoms with E-state index in [0.717, 1.165) is 22.1 Å². The number of rotatable bonds is 6. The van der Waals surface area contributed by atoms with Crippen LogP contribution in [0.3, 0.4) is 0 Å². The zero-order valence-electron chi connectivity index (χ0n) is 14.1. The van der Waals surface area contributed by atoms with Crippen molar-refractivity contribution in [2.45, 2.75) is 11.1 Å². The van der Waals surface area contributed by atoms with E-state index in [1.807, 2.05) is 6.07 Å². The Hall–Kier alpha value is -2.43. The molecule has 6 N–H and O–H groups in total. The van der Waals surface area contributed by atoms with Crippen molar-refractivity contribution in [3.63, 3.8) is 0 Å². The molecule has 2 aromatic carbocycles. The van der Waals surface area contributed by atoms with Gasteiger partial charge in [0.05, 0.1) is 5.56 Å². The lowest BCUT2D eigenvalue weighted by Crippen LogP contribution is -2.26. The summed E-state index contributed by atoms with van der Waals surface area (Å²) < 4.78 is 41.0. The second-order valence-electron chi connectivity index (χ2n) is 5.27. The predicted molar refractivity (Wildman–Crippen MR) is 98.8 cm³/mol. The maximum absolute atomic E-state index is 12.7. The van der Waals surface area contributed by atoms with Gasteiger partial charge in [-0.1, -0.05) is 0 Å². The van der Waals surface area contributed by atoms with Crippen molar-refractivity contribution in [1.82, 2.24) is 9.84 Å². The number of anilines is 2. The van der Waals surface area contributed by atoms with Crippen molar-refractivity contribution < 1.29 is 13.2 Å². The van der Waals surface area contributed by atoms with Crippen LogP contribution in [0.15, 0.2) is 52.5 Å². The van der Waals surface area contributed by atoms with Crippen LogP contribution in [0.4, 0.5) is 24.5 Å². The van der Waals surface area contributed by atoms with Gasteiger partial charge in [0.2, 0.25) is 0 Å². The van der Waals surface area contributed by atoms with Crippen molar-refractivity contribution in [2.75, 3.05) is 19.4 Å². The van der Waals surface area contributed by atoms with Gasteiger partial charge in [-0.05, 0) is 61.5 Å². The van der Waals surface area contributed by atoms with Crippen LogP contribution in [0.25, 0.3) is 0 Å². The number of hydrazone groups is 1. The molecule has 10 heteroatoms. The highest BCUT2D eigenvalue weighted by atomic mass is 32.2. The molecule has 0 aliphatic rings. The Balaban J connectivity index is 2.36. The summed E-state index contributed by atoms with van der Waals surface area (Å²) in [5, 5.41) is 8.12. The monoisotopic (exact) mass is 384 g/mol. The number of hydrazine groups is 1. The fourth-order valence-corrected chi connectivity index (χ4v) is 2.70. The van der Waals surface area contributed by atoms with Gasteiger partial charge in [-0.15, -0.1) is 5.10 Å². The van der Waals surface area contributed by atoms with E-state index in [4.69, 9.17) is 11.6 Å². The zero-order valence-corrected chi connectivity index (χ0v) is 14.9. The number of hydrogen-bond acceptors (Lipinski definition) is 6. The molecule has 2 aromatic rings. The number of benzene rings is 2. The molecule has 0 aliphatic carbocycles. The molecule has 140 valence electrons. The number of hydrogen-bond donors (Lipinski definition) is 4. The second-order valence-corrected chi connectivity index (χ2v) is 6.36. The number of nitrogens with zero attached hydrogens (tertiary/aromatic N) is 2. The Morgan fingerprint density at radius 3 is 2.35 bits per heavy atom. The molecular formula is C16H19F3N6S. The van der Waals surface area contributed by atoms with Crippen LogP contribution in [-0.2, 0) is 6.18 Å². The molecule has 2 rings (SSSR count). The van der Waals surface area contributed by atoms with E-state index in [1.165, 1.54) is 31.1 Å². The molecule has 0 aromatic heterocycles. The Labute approximate surface area is 153 Å². The lowest BCUT2D eigenvalue weighted by Gasteiger charge is -2.15. The first-order valence-corrected chi connectivity index (χ1v) is 8.27. The number of nitrogens with one attached hydrogen (secondary N) is 2. The Bertz CT molecular complexity index is 775. The van der Waals surface area contributed by atoms with Crippen LogP contribution in [0.1, 0.15) is 11.1 Å². The van der Waals surface area contributed by atoms with Crippen LogP contribution in [0, 0.1) is 0 Å². The Morgan fingerprint density at radius 1 is 1.15 bits per heavy atom. The number of nitrogens with two attached hydrogens (primary N) is 2. The fourth-order valence-electron chi connectivity index (χ4n) is 2.15. The van der Waals surface area contributed by atoms with Gasteiger partial charge in [0.15, 0.2) is 5.84 Å². The summed E-state index contributed by atoms with van der Waals surface area (Å²) in [6.45, 7) is 0. The molecule has 0 bridgehead atoms. The first-order chi connectivity index (χ1) is 12.2. The van der Waals surface area contributed by atoms with Crippen molar-refractivity contribution in [3.8, 4) is 0 Å². The molecule has 0 unspecified atom stereocenters. The highest BCUT2D eigenvalue weighted by Crippen LogP contribution is 2.31. The minimum Gasteiger partial charge on any atom is -0.382 e. The van der Waals surface area contributed by atoms with Crippen molar-refractivity contribution >= 4 is 29.2 Å². The smallest absolute Gasteiger partial charge is 0.382 e. The van der Waals surface area contributed by atoms with Crippen molar-refractivity contribution in [3.05, 3.63) is 53.6 Å². The normalized spacial score (nSPS) is 12.2. The van der Waals surface area contributed by atoms with E-state index in [9.17, 15) is 13.2 Å². The summed E-state index contributed by atoms with van der Waals surface area (Å²) in [6, 6.07) is 10.1. The first-order valence-electron chi connectivity index (χ1n) is 7.45. The van der Waals surface area contributed by atoms with E-state index in [0.29, 0.717) is 16.9 Å². The van der Waals surface area contributed by atoms with E-state index in [2.05, 4.69) is 15.1 Å². The Morgan fingerprint density at radius 2 is 1.81 bits per heavy atom. The largest absolute Gasteiger partial charge is 0.416 e. The molecule has 0 radical (unpaired) electrons. The van der Waals surface area contributed by atoms with Gasteiger partial charge in [0.1, 0.15) is 0 Å². The summed E-state index contributed by atoms with van der Waals surface area (Å²) >= 11 is 1.39. The third-order valence-corrected chi connectivity index (χ3v) is 3.94. The standard InChI is InChI=1S/C16H19F3N6S/c1-22-26-12-7-8-14(13(9-12)15(20)24-25(2)21)23-11-5-3-10(4-6-11)16(17,18)19/h3-9,22-23H,21H2,1-2H3,(H2,20,24). The molecule has 0 aliphatic heterocycles. The average Bonchev–Trinajstić information content (AvgIpc) is 2.55. The average molecular weight is 384 g/mol. The molecule has 0 amide bonds. The molecule has 0 fully saturated rings. The van der Waals surface area contributed by atoms with Gasteiger partial charge >= 0.3 is 6.18 Å². The van der Waals surface area contributed by atoms with Crippen molar-refractivity contribution in [1.29, 1.82) is 0 Å². The predicted octanol–water partition coefficient (Wildman–Crippen LogP) is 3.10. The minimum atomic E-state index is -4.38. The minimum absolute atomic E-state index is 0.169. The summed E-state index contributed by atoms with van der Waals surface area (Å²) in [5.41, 5.74) is 6.94. The van der Waals surface area contributed by atoms with E-state index < -0.39 is 11.7 Å². The van der Waals surface area contributed by atoms with E-state index in [-0.39, 0.29) is 5.84 Å². The van der Waals surface area contributed by atoms with Crippen LogP contribution >= 0.6 is 11.9 Å². The van der Waals surface area contributed by atoms with Gasteiger partial charge in [0, 0.05) is 28.9 Å². The second kappa shape index (κ2) is 8.30. The topological polar surface area (TPSA) is 91.7 Å². The van der Waals surface area contributed by atoms with Crippen LogP contribution in [0.2, 0.25) is 0 Å². The van der Waals surface area contributed by atoms with Crippen LogP contribution in [0.5, 0.6) is 0 Å². The molecular weight excluding hydrogens is 365 g/mol. The van der Waals surface area contributed by atoms with Gasteiger partial charge in [-0.25, -0.2) is 11.0 Å². The summed E-state index contributed by atoms with van der Waals surface area (Å²) in [6.07, 6.45) is -4.38.